The standard InChI is InChI=1S/C8H12N4O/c1-2-12-5-11-8-7(12)6(13)3-9-4-10-8/h4-6,13H,2-3H2,1H3,(H,9,10). The van der Waals surface area contributed by atoms with E-state index < -0.39 is 6.10 Å². The second-order valence-corrected chi connectivity index (χ2v) is 2.92. The van der Waals surface area contributed by atoms with Gasteiger partial charge in [-0.1, -0.05) is 0 Å². The van der Waals surface area contributed by atoms with E-state index in [1.807, 2.05) is 11.5 Å². The quantitative estimate of drug-likeness (QED) is 0.657. The van der Waals surface area contributed by atoms with Crippen LogP contribution in [0.3, 0.4) is 0 Å². The van der Waals surface area contributed by atoms with E-state index >= 15 is 0 Å². The van der Waals surface area contributed by atoms with Crippen molar-refractivity contribution in [2.75, 3.05) is 11.9 Å². The number of aliphatic imine (C=N–C) groups is 1. The number of imidazole rings is 1. The monoisotopic (exact) mass is 180 g/mol. The predicted molar refractivity (Wildman–Crippen MR) is 49.8 cm³/mol. The maximum Gasteiger partial charge on any atom is 0.155 e. The number of aliphatic hydroxyl groups excluding tert-OH is 1. The third-order valence-electron chi connectivity index (χ3n) is 2.11. The van der Waals surface area contributed by atoms with E-state index in [1.165, 1.54) is 0 Å². The van der Waals surface area contributed by atoms with Crippen LogP contribution in [-0.2, 0) is 6.54 Å². The first-order chi connectivity index (χ1) is 6.33. The van der Waals surface area contributed by atoms with E-state index in [2.05, 4.69) is 15.3 Å². The van der Waals surface area contributed by atoms with Crippen LogP contribution >= 0.6 is 0 Å². The van der Waals surface area contributed by atoms with E-state index in [0.717, 1.165) is 12.2 Å². The van der Waals surface area contributed by atoms with Crippen LogP contribution in [0.25, 0.3) is 0 Å². The van der Waals surface area contributed by atoms with Gasteiger partial charge in [0.05, 0.1) is 24.9 Å². The maximum atomic E-state index is 9.73. The Hall–Kier alpha value is -1.36. The van der Waals surface area contributed by atoms with Gasteiger partial charge in [-0.25, -0.2) is 4.98 Å². The lowest BCUT2D eigenvalue weighted by atomic mass is 10.2. The topological polar surface area (TPSA) is 62.4 Å². The zero-order chi connectivity index (χ0) is 9.26. The molecule has 0 saturated carbocycles. The first-order valence-electron chi connectivity index (χ1n) is 4.31. The summed E-state index contributed by atoms with van der Waals surface area (Å²) in [4.78, 5) is 8.11. The molecule has 0 saturated heterocycles. The molecule has 1 atom stereocenters. The van der Waals surface area contributed by atoms with Crippen molar-refractivity contribution in [1.29, 1.82) is 0 Å². The summed E-state index contributed by atoms with van der Waals surface area (Å²) in [6.07, 6.45) is 2.74. The van der Waals surface area contributed by atoms with Gasteiger partial charge in [0, 0.05) is 6.54 Å². The average Bonchev–Trinajstić information content (AvgIpc) is 2.47. The second-order valence-electron chi connectivity index (χ2n) is 2.92. The van der Waals surface area contributed by atoms with Crippen molar-refractivity contribution in [2.24, 2.45) is 4.99 Å². The number of rotatable bonds is 1. The van der Waals surface area contributed by atoms with Gasteiger partial charge in [-0.2, -0.15) is 0 Å². The molecule has 1 aromatic heterocycles. The highest BCUT2D eigenvalue weighted by Crippen LogP contribution is 2.23. The molecule has 2 rings (SSSR count). The van der Waals surface area contributed by atoms with Crippen LogP contribution in [0.5, 0.6) is 0 Å². The Morgan fingerprint density at radius 1 is 1.77 bits per heavy atom. The molecule has 0 fully saturated rings. The fraction of sp³-hybridized carbons (Fsp3) is 0.500. The molecule has 13 heavy (non-hydrogen) atoms. The van der Waals surface area contributed by atoms with Gasteiger partial charge in [0.25, 0.3) is 0 Å². The van der Waals surface area contributed by atoms with Crippen LogP contribution in [0.15, 0.2) is 11.3 Å². The van der Waals surface area contributed by atoms with Crippen LogP contribution in [0.2, 0.25) is 0 Å². The molecule has 70 valence electrons. The molecule has 0 aliphatic carbocycles. The number of aryl methyl sites for hydroxylation is 1. The fourth-order valence-corrected chi connectivity index (χ4v) is 1.45. The molecule has 0 aromatic carbocycles. The highest BCUT2D eigenvalue weighted by molar-refractivity contribution is 5.75. The summed E-state index contributed by atoms with van der Waals surface area (Å²) in [6.45, 7) is 3.22. The van der Waals surface area contributed by atoms with Crippen molar-refractivity contribution in [2.45, 2.75) is 19.6 Å². The smallest absolute Gasteiger partial charge is 0.155 e. The molecule has 5 nitrogen and oxygen atoms in total. The predicted octanol–water partition coefficient (Wildman–Crippen LogP) is 0.390. The van der Waals surface area contributed by atoms with Gasteiger partial charge in [-0.3, -0.25) is 4.99 Å². The van der Waals surface area contributed by atoms with Crippen molar-refractivity contribution in [3.8, 4) is 0 Å². The summed E-state index contributed by atoms with van der Waals surface area (Å²) < 4.78 is 1.92. The molecule has 0 amide bonds. The molecular weight excluding hydrogens is 168 g/mol. The molecule has 0 radical (unpaired) electrons. The highest BCUT2D eigenvalue weighted by atomic mass is 16.3. The van der Waals surface area contributed by atoms with Crippen LogP contribution in [0.1, 0.15) is 18.7 Å². The zero-order valence-corrected chi connectivity index (χ0v) is 7.44. The lowest BCUT2D eigenvalue weighted by molar-refractivity contribution is 0.179. The Balaban J connectivity index is 2.44. The molecule has 1 aliphatic rings. The maximum absolute atomic E-state index is 9.73. The summed E-state index contributed by atoms with van der Waals surface area (Å²) in [5.41, 5.74) is 0.819. The van der Waals surface area contributed by atoms with E-state index in [-0.39, 0.29) is 0 Å². The lowest BCUT2D eigenvalue weighted by Gasteiger charge is -2.09. The SMILES string of the molecule is CCn1cnc2c1C(O)CN=CN2. The minimum Gasteiger partial charge on any atom is -0.385 e. The van der Waals surface area contributed by atoms with Gasteiger partial charge >= 0.3 is 0 Å². The number of aromatic nitrogens is 2. The largest absolute Gasteiger partial charge is 0.385 e. The molecule has 2 N–H and O–H groups in total. The van der Waals surface area contributed by atoms with Crippen molar-refractivity contribution in [3.05, 3.63) is 12.0 Å². The van der Waals surface area contributed by atoms with Crippen molar-refractivity contribution in [1.82, 2.24) is 9.55 Å². The van der Waals surface area contributed by atoms with Crippen LogP contribution in [0, 0.1) is 0 Å². The Morgan fingerprint density at radius 2 is 2.62 bits per heavy atom. The minimum atomic E-state index is -0.552. The lowest BCUT2D eigenvalue weighted by Crippen LogP contribution is -2.08. The van der Waals surface area contributed by atoms with Gasteiger partial charge in [0.2, 0.25) is 0 Å². The highest BCUT2D eigenvalue weighted by Gasteiger charge is 2.19. The summed E-state index contributed by atoms with van der Waals surface area (Å²) in [7, 11) is 0. The van der Waals surface area contributed by atoms with E-state index in [9.17, 15) is 5.11 Å². The number of nitrogens with one attached hydrogen (secondary N) is 1. The number of anilines is 1. The first-order valence-corrected chi connectivity index (χ1v) is 4.31. The third kappa shape index (κ3) is 1.31. The van der Waals surface area contributed by atoms with Gasteiger partial charge in [-0.05, 0) is 6.92 Å². The Labute approximate surface area is 76.1 Å². The molecule has 0 bridgehead atoms. The number of nitrogens with zero attached hydrogens (tertiary/aromatic N) is 3. The summed E-state index contributed by atoms with van der Waals surface area (Å²) in [5, 5.41) is 12.7. The summed E-state index contributed by atoms with van der Waals surface area (Å²) in [5.74, 6) is 0.704. The first kappa shape index (κ1) is 8.25. The number of aliphatic hydroxyl groups is 1. The van der Waals surface area contributed by atoms with Gasteiger partial charge < -0.3 is 15.0 Å². The summed E-state index contributed by atoms with van der Waals surface area (Å²) >= 11 is 0. The molecule has 2 heterocycles. The minimum absolute atomic E-state index is 0.395. The zero-order valence-electron chi connectivity index (χ0n) is 7.44. The van der Waals surface area contributed by atoms with Crippen LogP contribution in [-0.4, -0.2) is 27.5 Å². The van der Waals surface area contributed by atoms with E-state index in [4.69, 9.17) is 0 Å². The molecule has 1 aromatic rings. The van der Waals surface area contributed by atoms with E-state index in [1.54, 1.807) is 12.7 Å². The normalized spacial score (nSPS) is 20.6. The fourth-order valence-electron chi connectivity index (χ4n) is 1.45. The molecule has 0 spiro atoms. The van der Waals surface area contributed by atoms with Crippen molar-refractivity contribution >= 4 is 12.2 Å². The molecule has 1 unspecified atom stereocenters. The van der Waals surface area contributed by atoms with Gasteiger partial charge in [0.15, 0.2) is 5.82 Å². The number of hydrogen-bond acceptors (Lipinski definition) is 4. The van der Waals surface area contributed by atoms with Gasteiger partial charge in [-0.15, -0.1) is 0 Å². The molecule has 5 heteroatoms. The Bertz CT molecular complexity index is 331. The second kappa shape index (κ2) is 3.18. The van der Waals surface area contributed by atoms with Gasteiger partial charge in [0.1, 0.15) is 6.10 Å². The van der Waals surface area contributed by atoms with Crippen LogP contribution < -0.4 is 5.32 Å². The average molecular weight is 180 g/mol. The Kier molecular flexibility index (Phi) is 2.02. The number of hydrogen-bond donors (Lipinski definition) is 2. The van der Waals surface area contributed by atoms with Crippen molar-refractivity contribution in [3.63, 3.8) is 0 Å². The number of fused-ring (bicyclic) bond motifs is 1. The Morgan fingerprint density at radius 3 is 3.38 bits per heavy atom. The van der Waals surface area contributed by atoms with Crippen LogP contribution in [0.4, 0.5) is 5.82 Å². The van der Waals surface area contributed by atoms with E-state index in [0.29, 0.717) is 12.4 Å². The molecular formula is C8H12N4O. The third-order valence-corrected chi connectivity index (χ3v) is 2.11. The molecule has 1 aliphatic heterocycles. The summed E-state index contributed by atoms with van der Waals surface area (Å²) in [6, 6.07) is 0. The van der Waals surface area contributed by atoms with Crippen molar-refractivity contribution < 1.29 is 5.11 Å².